The summed E-state index contributed by atoms with van der Waals surface area (Å²) in [6, 6.07) is 10.3. The van der Waals surface area contributed by atoms with Crippen molar-refractivity contribution in [1.82, 2.24) is 24.0 Å². The number of hydrogen-bond donors (Lipinski definition) is 0. The summed E-state index contributed by atoms with van der Waals surface area (Å²) in [5.74, 6) is -0.112. The van der Waals surface area contributed by atoms with Gasteiger partial charge in [-0.15, -0.1) is 0 Å². The first-order valence-electron chi connectivity index (χ1n) is 10.4. The molecule has 0 unspecified atom stereocenters. The van der Waals surface area contributed by atoms with E-state index in [0.717, 1.165) is 16.8 Å². The highest BCUT2D eigenvalue weighted by Gasteiger charge is 2.31. The highest BCUT2D eigenvalue weighted by Crippen LogP contribution is 2.26. The van der Waals surface area contributed by atoms with Gasteiger partial charge < -0.3 is 4.90 Å². The molecule has 2 aromatic heterocycles. The van der Waals surface area contributed by atoms with E-state index in [4.69, 9.17) is 0 Å². The maximum atomic E-state index is 13.4. The molecule has 0 atom stereocenters. The van der Waals surface area contributed by atoms with Gasteiger partial charge in [0.25, 0.3) is 5.91 Å². The van der Waals surface area contributed by atoms with Crippen LogP contribution in [0, 0.1) is 13.8 Å². The second kappa shape index (κ2) is 8.05. The summed E-state index contributed by atoms with van der Waals surface area (Å²) in [6.07, 6.45) is 0. The van der Waals surface area contributed by atoms with Crippen LogP contribution in [0.2, 0.25) is 0 Å². The molecular weight excluding hydrogens is 414 g/mol. The lowest BCUT2D eigenvalue weighted by Crippen LogP contribution is -2.50. The number of benzene rings is 1. The van der Waals surface area contributed by atoms with Crippen molar-refractivity contribution in [1.29, 1.82) is 0 Å². The van der Waals surface area contributed by atoms with Crippen molar-refractivity contribution < 1.29 is 13.2 Å². The molecule has 3 heterocycles. The summed E-state index contributed by atoms with van der Waals surface area (Å²) >= 11 is 0. The summed E-state index contributed by atoms with van der Waals surface area (Å²) in [5, 5.41) is 5.36. The number of fused-ring (bicyclic) bond motifs is 1. The highest BCUT2D eigenvalue weighted by molar-refractivity contribution is 7.89. The van der Waals surface area contributed by atoms with Crippen LogP contribution in [-0.4, -0.2) is 64.5 Å². The van der Waals surface area contributed by atoms with E-state index in [0.29, 0.717) is 24.3 Å². The first kappa shape index (κ1) is 21.5. The molecule has 0 radical (unpaired) electrons. The van der Waals surface area contributed by atoms with Crippen LogP contribution in [0.3, 0.4) is 0 Å². The van der Waals surface area contributed by atoms with Gasteiger partial charge in [0.1, 0.15) is 0 Å². The molecule has 1 aliphatic heterocycles. The van der Waals surface area contributed by atoms with E-state index in [1.165, 1.54) is 4.31 Å². The van der Waals surface area contributed by atoms with E-state index in [9.17, 15) is 13.2 Å². The zero-order valence-electron chi connectivity index (χ0n) is 18.2. The standard InChI is InChI=1S/C22H27N5O3S/c1-15(2)27-21-20(17(4)24-27)19(14-16(3)23-21)22(28)25-10-12-26(13-11-25)31(29,30)18-8-6-5-7-9-18/h5-9,14-15H,10-13H2,1-4H3. The van der Waals surface area contributed by atoms with Crippen molar-refractivity contribution in [3.63, 3.8) is 0 Å². The van der Waals surface area contributed by atoms with E-state index in [-0.39, 0.29) is 29.9 Å². The Labute approximate surface area is 182 Å². The third-order valence-electron chi connectivity index (χ3n) is 5.59. The maximum Gasteiger partial charge on any atom is 0.254 e. The molecule has 9 heteroatoms. The molecule has 0 spiro atoms. The second-order valence-electron chi connectivity index (χ2n) is 8.14. The topological polar surface area (TPSA) is 88.4 Å². The van der Waals surface area contributed by atoms with Gasteiger partial charge >= 0.3 is 0 Å². The number of carbonyl (C=O) groups excluding carboxylic acids is 1. The third kappa shape index (κ3) is 3.83. The first-order valence-corrected chi connectivity index (χ1v) is 11.8. The molecule has 1 saturated heterocycles. The Bertz CT molecular complexity index is 1230. The summed E-state index contributed by atoms with van der Waals surface area (Å²) in [6.45, 7) is 9.03. The molecule has 0 N–H and O–H groups in total. The first-order chi connectivity index (χ1) is 14.7. The molecule has 0 aliphatic carbocycles. The number of pyridine rings is 1. The van der Waals surface area contributed by atoms with Crippen LogP contribution in [0.15, 0.2) is 41.3 Å². The lowest BCUT2D eigenvalue weighted by atomic mass is 10.1. The number of rotatable bonds is 4. The minimum absolute atomic E-state index is 0.112. The number of aryl methyl sites for hydroxylation is 2. The van der Waals surface area contributed by atoms with Crippen molar-refractivity contribution in [2.75, 3.05) is 26.2 Å². The van der Waals surface area contributed by atoms with Gasteiger partial charge in [-0.1, -0.05) is 18.2 Å². The Kier molecular flexibility index (Phi) is 5.57. The van der Waals surface area contributed by atoms with Crippen molar-refractivity contribution in [3.05, 3.63) is 53.3 Å². The van der Waals surface area contributed by atoms with E-state index < -0.39 is 10.0 Å². The van der Waals surface area contributed by atoms with E-state index >= 15 is 0 Å². The molecule has 4 rings (SSSR count). The minimum atomic E-state index is -3.56. The molecule has 1 aliphatic rings. The molecule has 164 valence electrons. The lowest BCUT2D eigenvalue weighted by molar-refractivity contribution is 0.0699. The van der Waals surface area contributed by atoms with Gasteiger partial charge in [0, 0.05) is 37.9 Å². The summed E-state index contributed by atoms with van der Waals surface area (Å²) in [5.41, 5.74) is 2.81. The van der Waals surface area contributed by atoms with Gasteiger partial charge in [-0.25, -0.2) is 18.1 Å². The van der Waals surface area contributed by atoms with Crippen LogP contribution in [0.4, 0.5) is 0 Å². The molecule has 1 aromatic carbocycles. The predicted molar refractivity (Wildman–Crippen MR) is 118 cm³/mol. The Balaban J connectivity index is 1.59. The number of carbonyl (C=O) groups is 1. The van der Waals surface area contributed by atoms with Crippen molar-refractivity contribution in [2.45, 2.75) is 38.6 Å². The van der Waals surface area contributed by atoms with Gasteiger partial charge in [0.15, 0.2) is 5.65 Å². The van der Waals surface area contributed by atoms with Gasteiger partial charge in [-0.3, -0.25) is 4.79 Å². The highest BCUT2D eigenvalue weighted by atomic mass is 32.2. The molecule has 8 nitrogen and oxygen atoms in total. The molecule has 1 amide bonds. The van der Waals surface area contributed by atoms with Gasteiger partial charge in [-0.2, -0.15) is 9.40 Å². The largest absolute Gasteiger partial charge is 0.336 e. The molecule has 0 saturated carbocycles. The summed E-state index contributed by atoms with van der Waals surface area (Å²) in [4.78, 5) is 20.0. The Morgan fingerprint density at radius 2 is 1.68 bits per heavy atom. The zero-order chi connectivity index (χ0) is 22.3. The van der Waals surface area contributed by atoms with E-state index in [1.54, 1.807) is 41.3 Å². The maximum absolute atomic E-state index is 13.4. The Morgan fingerprint density at radius 1 is 1.03 bits per heavy atom. The number of amides is 1. The summed E-state index contributed by atoms with van der Waals surface area (Å²) < 4.78 is 29.0. The normalized spacial score (nSPS) is 15.7. The van der Waals surface area contributed by atoms with Crippen LogP contribution in [0.25, 0.3) is 11.0 Å². The molecule has 3 aromatic rings. The van der Waals surface area contributed by atoms with Crippen molar-refractivity contribution in [3.8, 4) is 0 Å². The predicted octanol–water partition coefficient (Wildman–Crippen LogP) is 2.78. The van der Waals surface area contributed by atoms with E-state index in [1.807, 2.05) is 32.4 Å². The molecular formula is C22H27N5O3S. The fourth-order valence-electron chi connectivity index (χ4n) is 4.01. The van der Waals surface area contributed by atoms with Crippen LogP contribution in [-0.2, 0) is 10.0 Å². The van der Waals surface area contributed by atoms with Crippen LogP contribution >= 0.6 is 0 Å². The Morgan fingerprint density at radius 3 is 2.29 bits per heavy atom. The van der Waals surface area contributed by atoms with Crippen LogP contribution in [0.1, 0.15) is 41.6 Å². The van der Waals surface area contributed by atoms with Crippen molar-refractivity contribution in [2.24, 2.45) is 0 Å². The quantitative estimate of drug-likeness (QED) is 0.621. The zero-order valence-corrected chi connectivity index (χ0v) is 19.1. The summed E-state index contributed by atoms with van der Waals surface area (Å²) in [7, 11) is -3.56. The Hall–Kier alpha value is -2.78. The van der Waals surface area contributed by atoms with Crippen molar-refractivity contribution >= 4 is 27.0 Å². The van der Waals surface area contributed by atoms with Crippen LogP contribution < -0.4 is 0 Å². The number of nitrogens with zero attached hydrogens (tertiary/aromatic N) is 5. The second-order valence-corrected chi connectivity index (χ2v) is 10.1. The number of hydrogen-bond acceptors (Lipinski definition) is 5. The number of aromatic nitrogens is 3. The smallest absolute Gasteiger partial charge is 0.254 e. The lowest BCUT2D eigenvalue weighted by Gasteiger charge is -2.34. The van der Waals surface area contributed by atoms with Crippen LogP contribution in [0.5, 0.6) is 0 Å². The fraction of sp³-hybridized carbons (Fsp3) is 0.409. The molecule has 31 heavy (non-hydrogen) atoms. The average molecular weight is 442 g/mol. The number of piperazine rings is 1. The van der Waals surface area contributed by atoms with E-state index in [2.05, 4.69) is 10.1 Å². The van der Waals surface area contributed by atoms with Gasteiger partial charge in [-0.05, 0) is 45.9 Å². The van der Waals surface area contributed by atoms with Gasteiger partial charge in [0.2, 0.25) is 10.0 Å². The third-order valence-corrected chi connectivity index (χ3v) is 7.50. The number of sulfonamides is 1. The molecule has 1 fully saturated rings. The molecule has 0 bridgehead atoms. The monoisotopic (exact) mass is 441 g/mol. The minimum Gasteiger partial charge on any atom is -0.336 e. The van der Waals surface area contributed by atoms with Gasteiger partial charge in [0.05, 0.1) is 21.5 Å². The fourth-order valence-corrected chi connectivity index (χ4v) is 5.45. The average Bonchev–Trinajstić information content (AvgIpc) is 3.10. The SMILES string of the molecule is Cc1cc(C(=O)N2CCN(S(=O)(=O)c3ccccc3)CC2)c2c(C)nn(C(C)C)c2n1.